The summed E-state index contributed by atoms with van der Waals surface area (Å²) >= 11 is 0. The van der Waals surface area contributed by atoms with Crippen LogP contribution in [0.1, 0.15) is 41.5 Å². The van der Waals surface area contributed by atoms with Crippen LogP contribution in [0.2, 0.25) is 0 Å². The van der Waals surface area contributed by atoms with Crippen molar-refractivity contribution in [1.29, 1.82) is 0 Å². The lowest BCUT2D eigenvalue weighted by atomic mass is 9.96. The first-order chi connectivity index (χ1) is 28.9. The lowest BCUT2D eigenvalue weighted by Crippen LogP contribution is -2.67. The molecule has 23 heteroatoms. The number of hydrogen-bond acceptors (Lipinski definition) is 21. The van der Waals surface area contributed by atoms with E-state index in [2.05, 4.69) is 5.32 Å². The van der Waals surface area contributed by atoms with Gasteiger partial charge in [0, 0.05) is 48.6 Å². The minimum absolute atomic E-state index is 0.0228. The highest BCUT2D eigenvalue weighted by Crippen LogP contribution is 2.52. The van der Waals surface area contributed by atoms with Gasteiger partial charge in [0.25, 0.3) is 0 Å². The van der Waals surface area contributed by atoms with Crippen LogP contribution in [0, 0.1) is 0 Å². The molecule has 2 fully saturated rings. The number of ether oxygens (including phenoxy) is 10. The van der Waals surface area contributed by atoms with Gasteiger partial charge < -0.3 is 61.7 Å². The molecule has 0 radical (unpaired) electrons. The van der Waals surface area contributed by atoms with Crippen LogP contribution in [0.15, 0.2) is 60.7 Å². The number of carbonyl (C=O) groups is 7. The Morgan fingerprint density at radius 2 is 0.918 bits per heavy atom. The number of hydrogen-bond donors (Lipinski definition) is 1. The van der Waals surface area contributed by atoms with Gasteiger partial charge in [-0.15, -0.1) is 0 Å². The topological polar surface area (TPSA) is 269 Å². The lowest BCUT2D eigenvalue weighted by molar-refractivity contribution is -0.359. The monoisotopic (exact) mass is 883 g/mol. The Morgan fingerprint density at radius 3 is 1.33 bits per heavy atom. The summed E-state index contributed by atoms with van der Waals surface area (Å²) in [6.45, 7) is 4.79. The van der Waals surface area contributed by atoms with E-state index in [1.807, 2.05) is 0 Å². The summed E-state index contributed by atoms with van der Waals surface area (Å²) in [5.74, 6) is -5.54. The predicted molar refractivity (Wildman–Crippen MR) is 200 cm³/mol. The Labute approximate surface area is 349 Å². The second-order valence-electron chi connectivity index (χ2n) is 13.1. The van der Waals surface area contributed by atoms with E-state index in [4.69, 9.17) is 60.9 Å². The van der Waals surface area contributed by atoms with E-state index in [9.17, 15) is 38.1 Å². The molecule has 0 bridgehead atoms. The number of rotatable bonds is 17. The molecule has 0 aromatic heterocycles. The van der Waals surface area contributed by atoms with E-state index in [0.717, 1.165) is 41.5 Å². The number of esters is 6. The number of amides is 1. The van der Waals surface area contributed by atoms with E-state index < -0.39 is 124 Å². The van der Waals surface area contributed by atoms with Gasteiger partial charge in [-0.05, 0) is 24.3 Å². The first kappa shape index (κ1) is 47.9. The molecule has 0 saturated carbocycles. The number of phosphoric acid groups is 1. The van der Waals surface area contributed by atoms with Crippen LogP contribution in [-0.2, 0) is 85.2 Å². The molecule has 2 aliphatic heterocycles. The average Bonchev–Trinajstić information content (AvgIpc) is 3.17. The molecule has 22 nitrogen and oxygen atoms in total. The van der Waals surface area contributed by atoms with E-state index in [-0.39, 0.29) is 11.5 Å². The third-order valence-corrected chi connectivity index (χ3v) is 9.52. The zero-order valence-corrected chi connectivity index (χ0v) is 34.9. The first-order valence-corrected chi connectivity index (χ1v) is 19.9. The van der Waals surface area contributed by atoms with Gasteiger partial charge in [-0.2, -0.15) is 0 Å². The van der Waals surface area contributed by atoms with Crippen molar-refractivity contribution in [2.75, 3.05) is 20.3 Å². The van der Waals surface area contributed by atoms with E-state index in [0.29, 0.717) is 0 Å². The summed E-state index contributed by atoms with van der Waals surface area (Å²) in [5.41, 5.74) is 0. The summed E-state index contributed by atoms with van der Waals surface area (Å²) in [6.07, 6.45) is -19.2. The maximum Gasteiger partial charge on any atom is 0.590 e. The summed E-state index contributed by atoms with van der Waals surface area (Å²) in [7, 11) is -3.81. The number of alkyl carbamates (subject to hydrolysis) is 1. The number of para-hydroxylation sites is 2. The van der Waals surface area contributed by atoms with Gasteiger partial charge in [-0.1, -0.05) is 36.4 Å². The fourth-order valence-electron chi connectivity index (χ4n) is 5.95. The Bertz CT molecular complexity index is 1850. The summed E-state index contributed by atoms with van der Waals surface area (Å²) in [6, 6.07) is 15.2. The number of carbonyl (C=O) groups excluding carboxylic acids is 7. The van der Waals surface area contributed by atoms with Crippen LogP contribution < -0.4 is 14.4 Å². The van der Waals surface area contributed by atoms with Crippen molar-refractivity contribution in [3.8, 4) is 11.5 Å². The normalized spacial score (nSPS) is 26.0. The highest BCUT2D eigenvalue weighted by molar-refractivity contribution is 7.49. The van der Waals surface area contributed by atoms with Crippen LogP contribution in [0.4, 0.5) is 4.79 Å². The zero-order chi connectivity index (χ0) is 44.9. The Balaban J connectivity index is 1.93. The SMILES string of the molecule is CNC(=O)O[C@@H]1[C@H](OC(C)=O)[C@@H](O[C@@H]2[C@@H](OP(=O)(Oc3ccccc3)Oc3ccccc3)O[C@@H](COC(C)=O)[C@@H](OC(C)=O)[C@@H]2OC(C)=O)O[C@H](COC(C)=O)[C@H]1OC(C)=O. The third kappa shape index (κ3) is 14.4. The van der Waals surface area contributed by atoms with Crippen molar-refractivity contribution in [1.82, 2.24) is 5.32 Å². The quantitative estimate of drug-likeness (QED) is 0.136. The van der Waals surface area contributed by atoms with Crippen LogP contribution in [0.5, 0.6) is 11.5 Å². The smallest absolute Gasteiger partial charge is 0.463 e. The van der Waals surface area contributed by atoms with Crippen LogP contribution in [-0.4, -0.2) is 124 Å². The van der Waals surface area contributed by atoms with Gasteiger partial charge in [-0.25, -0.2) is 13.9 Å². The molecule has 10 atom stereocenters. The van der Waals surface area contributed by atoms with Gasteiger partial charge in [0.2, 0.25) is 6.29 Å². The van der Waals surface area contributed by atoms with E-state index in [1.165, 1.54) is 31.3 Å². The molecule has 2 heterocycles. The van der Waals surface area contributed by atoms with E-state index in [1.54, 1.807) is 36.4 Å². The van der Waals surface area contributed by atoms with Crippen molar-refractivity contribution in [3.05, 3.63) is 60.7 Å². The standard InChI is InChI=1S/C38H46NO21P/c1-20(40)48-18-28-31(51-23(4)43)33(57-38(46)39-7)34(53-25(6)45)36(54-28)56-35-32(52-24(5)44)30(50-22(3)42)29(19-49-21(2)41)55-37(35)60-61(47,58-26-14-10-8-11-15-26)59-27-16-12-9-13-17-27/h8-17,28-37H,18-19H2,1-7H3,(H,39,46)/t28-,29+,30-,31-,32+,33+,34+,35+,36-,37-/m1/s1. The Morgan fingerprint density at radius 1 is 0.525 bits per heavy atom. The molecule has 1 N–H and O–H groups in total. The third-order valence-electron chi connectivity index (χ3n) is 8.18. The van der Waals surface area contributed by atoms with Crippen LogP contribution >= 0.6 is 7.82 Å². The van der Waals surface area contributed by atoms with Crippen molar-refractivity contribution in [2.45, 2.75) is 103 Å². The predicted octanol–water partition coefficient (Wildman–Crippen LogP) is 2.68. The molecule has 0 spiro atoms. The minimum Gasteiger partial charge on any atom is -0.463 e. The maximum atomic E-state index is 14.8. The maximum absolute atomic E-state index is 14.8. The van der Waals surface area contributed by atoms with Gasteiger partial charge in [0.1, 0.15) is 36.9 Å². The van der Waals surface area contributed by atoms with Gasteiger partial charge in [-0.3, -0.25) is 28.8 Å². The molecule has 2 saturated heterocycles. The average molecular weight is 884 g/mol. The highest BCUT2D eigenvalue weighted by atomic mass is 31.2. The number of phosphoric ester groups is 1. The molecular formula is C38H46NO21P. The number of benzene rings is 2. The van der Waals surface area contributed by atoms with Gasteiger partial charge in [0.05, 0.1) is 0 Å². The molecule has 2 aromatic rings. The molecule has 61 heavy (non-hydrogen) atoms. The lowest BCUT2D eigenvalue weighted by Gasteiger charge is -2.48. The fraction of sp³-hybridized carbons (Fsp3) is 0.500. The second kappa shape index (κ2) is 22.2. The molecule has 1 amide bonds. The van der Waals surface area contributed by atoms with Gasteiger partial charge >= 0.3 is 49.7 Å². The number of nitrogens with one attached hydrogen (secondary N) is 1. The van der Waals surface area contributed by atoms with Crippen molar-refractivity contribution in [2.24, 2.45) is 0 Å². The van der Waals surface area contributed by atoms with Crippen molar-refractivity contribution >= 4 is 49.7 Å². The zero-order valence-electron chi connectivity index (χ0n) is 34.0. The van der Waals surface area contributed by atoms with Crippen molar-refractivity contribution in [3.63, 3.8) is 0 Å². The molecule has 4 rings (SSSR count). The van der Waals surface area contributed by atoms with Gasteiger partial charge in [0.15, 0.2) is 42.9 Å². The largest absolute Gasteiger partial charge is 0.590 e. The Kier molecular flexibility index (Phi) is 17.4. The highest BCUT2D eigenvalue weighted by Gasteiger charge is 2.59. The molecule has 334 valence electrons. The van der Waals surface area contributed by atoms with E-state index >= 15 is 0 Å². The molecule has 2 aliphatic rings. The molecule has 0 aliphatic carbocycles. The molecule has 0 unspecified atom stereocenters. The summed E-state index contributed by atoms with van der Waals surface area (Å²) in [5, 5.41) is 2.22. The second-order valence-corrected chi connectivity index (χ2v) is 14.5. The Hall–Kier alpha value is -5.80. The summed E-state index contributed by atoms with van der Waals surface area (Å²) in [4.78, 5) is 87.2. The van der Waals surface area contributed by atoms with Crippen molar-refractivity contribution < 1.29 is 99.1 Å². The van der Waals surface area contributed by atoms with Crippen LogP contribution in [0.25, 0.3) is 0 Å². The fourth-order valence-corrected chi connectivity index (χ4v) is 7.26. The molecular weight excluding hydrogens is 837 g/mol. The summed E-state index contributed by atoms with van der Waals surface area (Å²) < 4.78 is 89.3. The first-order valence-electron chi connectivity index (χ1n) is 18.5. The van der Waals surface area contributed by atoms with Crippen LogP contribution in [0.3, 0.4) is 0 Å². The minimum atomic E-state index is -5.01. The molecule has 2 aromatic carbocycles.